The van der Waals surface area contributed by atoms with Crippen molar-refractivity contribution in [1.82, 2.24) is 9.99 Å². The molecular weight excluding hydrogens is 348 g/mol. The molecule has 0 unspecified atom stereocenters. The van der Waals surface area contributed by atoms with E-state index in [0.717, 1.165) is 17.8 Å². The van der Waals surface area contributed by atoms with Crippen LogP contribution >= 0.6 is 0 Å². The Morgan fingerprint density at radius 1 is 0.964 bits per heavy atom. The molecular formula is C23H22N4O. The maximum atomic E-state index is 11.9. The van der Waals surface area contributed by atoms with E-state index in [9.17, 15) is 4.79 Å². The average molecular weight is 370 g/mol. The molecule has 3 aromatic carbocycles. The van der Waals surface area contributed by atoms with Crippen molar-refractivity contribution in [2.45, 2.75) is 13.5 Å². The smallest absolute Gasteiger partial charge is 0.259 e. The summed E-state index contributed by atoms with van der Waals surface area (Å²) < 4.78 is 2.31. The van der Waals surface area contributed by atoms with Gasteiger partial charge in [0.15, 0.2) is 0 Å². The molecule has 0 radical (unpaired) electrons. The molecule has 0 bridgehead atoms. The quantitative estimate of drug-likeness (QED) is 0.391. The summed E-state index contributed by atoms with van der Waals surface area (Å²) in [5.41, 5.74) is 6.85. The van der Waals surface area contributed by atoms with Gasteiger partial charge in [0.1, 0.15) is 0 Å². The number of benzene rings is 3. The number of fused-ring (bicyclic) bond motifs is 3. The molecule has 5 nitrogen and oxygen atoms in total. The van der Waals surface area contributed by atoms with Crippen LogP contribution in [0.1, 0.15) is 12.5 Å². The van der Waals surface area contributed by atoms with Gasteiger partial charge in [0.25, 0.3) is 5.91 Å². The van der Waals surface area contributed by atoms with E-state index in [4.69, 9.17) is 0 Å². The Morgan fingerprint density at radius 2 is 1.71 bits per heavy atom. The van der Waals surface area contributed by atoms with Gasteiger partial charge in [-0.2, -0.15) is 5.10 Å². The number of hydrazone groups is 1. The Morgan fingerprint density at radius 3 is 2.54 bits per heavy atom. The first kappa shape index (κ1) is 17.8. The van der Waals surface area contributed by atoms with Crippen molar-refractivity contribution in [3.05, 3.63) is 78.4 Å². The van der Waals surface area contributed by atoms with E-state index >= 15 is 0 Å². The highest BCUT2D eigenvalue weighted by Gasteiger charge is 2.09. The van der Waals surface area contributed by atoms with Gasteiger partial charge in [-0.05, 0) is 42.8 Å². The van der Waals surface area contributed by atoms with Crippen molar-refractivity contribution in [1.29, 1.82) is 0 Å². The molecule has 4 aromatic rings. The maximum Gasteiger partial charge on any atom is 0.259 e. The molecule has 1 heterocycles. The molecule has 0 saturated heterocycles. The van der Waals surface area contributed by atoms with Gasteiger partial charge in [-0.1, -0.05) is 42.5 Å². The lowest BCUT2D eigenvalue weighted by atomic mass is 10.1. The molecule has 28 heavy (non-hydrogen) atoms. The summed E-state index contributed by atoms with van der Waals surface area (Å²) in [6.07, 6.45) is 1.68. The second kappa shape index (κ2) is 7.96. The van der Waals surface area contributed by atoms with Crippen molar-refractivity contribution in [3.63, 3.8) is 0 Å². The minimum Gasteiger partial charge on any atom is -0.376 e. The Balaban J connectivity index is 1.47. The second-order valence-electron chi connectivity index (χ2n) is 6.55. The molecule has 0 aliphatic carbocycles. The number of anilines is 1. The summed E-state index contributed by atoms with van der Waals surface area (Å²) in [5.74, 6) is -0.191. The first-order chi connectivity index (χ1) is 13.8. The van der Waals surface area contributed by atoms with Crippen LogP contribution in [0.15, 0.2) is 77.9 Å². The molecule has 0 fully saturated rings. The van der Waals surface area contributed by atoms with Crippen LogP contribution in [0, 0.1) is 0 Å². The molecule has 2 N–H and O–H groups in total. The third-order valence-electron chi connectivity index (χ3n) is 4.74. The van der Waals surface area contributed by atoms with E-state index in [1.807, 2.05) is 36.4 Å². The van der Waals surface area contributed by atoms with Crippen molar-refractivity contribution in [3.8, 4) is 0 Å². The van der Waals surface area contributed by atoms with Gasteiger partial charge in [-0.15, -0.1) is 0 Å². The number of aromatic nitrogens is 1. The van der Waals surface area contributed by atoms with Crippen LogP contribution in [0.5, 0.6) is 0 Å². The fraction of sp³-hybridized carbons (Fsp3) is 0.130. The fourth-order valence-electron chi connectivity index (χ4n) is 3.45. The maximum absolute atomic E-state index is 11.9. The molecule has 4 rings (SSSR count). The predicted molar refractivity (Wildman–Crippen MR) is 116 cm³/mol. The standard InChI is InChI=1S/C23H22N4O/c1-2-27-21-11-7-6-10-19(21)20-14-17(12-13-22(20)27)15-25-26-23(28)16-24-18-8-4-3-5-9-18/h3-15,24H,2,16H2,1H3,(H,26,28)/b25-15-. The lowest BCUT2D eigenvalue weighted by Crippen LogP contribution is -2.25. The molecule has 1 aromatic heterocycles. The van der Waals surface area contributed by atoms with Gasteiger partial charge in [0, 0.05) is 34.0 Å². The Kier molecular flexibility index (Phi) is 5.06. The third-order valence-corrected chi connectivity index (χ3v) is 4.74. The van der Waals surface area contributed by atoms with Crippen molar-refractivity contribution < 1.29 is 4.79 Å². The van der Waals surface area contributed by atoms with Gasteiger partial charge in [0.05, 0.1) is 12.8 Å². The Bertz CT molecular complexity index is 1150. The summed E-state index contributed by atoms with van der Waals surface area (Å²) in [4.78, 5) is 11.9. The highest BCUT2D eigenvalue weighted by molar-refractivity contribution is 6.09. The van der Waals surface area contributed by atoms with Gasteiger partial charge in [0.2, 0.25) is 0 Å². The van der Waals surface area contributed by atoms with Gasteiger partial charge < -0.3 is 9.88 Å². The molecule has 1 amide bonds. The fourth-order valence-corrected chi connectivity index (χ4v) is 3.45. The van der Waals surface area contributed by atoms with Crippen LogP contribution in [0.25, 0.3) is 21.8 Å². The lowest BCUT2D eigenvalue weighted by Gasteiger charge is -2.04. The van der Waals surface area contributed by atoms with Crippen molar-refractivity contribution >= 4 is 39.6 Å². The summed E-state index contributed by atoms with van der Waals surface area (Å²) in [5, 5.41) is 9.57. The number of aryl methyl sites for hydroxylation is 1. The van der Waals surface area contributed by atoms with Crippen LogP contribution in [-0.2, 0) is 11.3 Å². The van der Waals surface area contributed by atoms with Gasteiger partial charge in [-0.25, -0.2) is 5.43 Å². The SMILES string of the molecule is CCn1c2ccccc2c2cc(/C=N\NC(=O)CNc3ccccc3)ccc21. The van der Waals surface area contributed by atoms with Gasteiger partial charge in [-0.3, -0.25) is 4.79 Å². The van der Waals surface area contributed by atoms with Gasteiger partial charge >= 0.3 is 0 Å². The van der Waals surface area contributed by atoms with E-state index in [-0.39, 0.29) is 12.5 Å². The minimum absolute atomic E-state index is 0.171. The molecule has 0 spiro atoms. The van der Waals surface area contributed by atoms with E-state index in [0.29, 0.717) is 0 Å². The van der Waals surface area contributed by atoms with Crippen LogP contribution < -0.4 is 10.7 Å². The molecule has 0 aliphatic heterocycles. The van der Waals surface area contributed by atoms with Crippen LogP contribution in [0.4, 0.5) is 5.69 Å². The molecule has 140 valence electrons. The largest absolute Gasteiger partial charge is 0.376 e. The Hall–Kier alpha value is -3.60. The van der Waals surface area contributed by atoms with Crippen molar-refractivity contribution in [2.24, 2.45) is 5.10 Å². The summed E-state index contributed by atoms with van der Waals surface area (Å²) in [6.45, 7) is 3.24. The Labute approximate surface area is 163 Å². The molecule has 0 saturated carbocycles. The monoisotopic (exact) mass is 370 g/mol. The average Bonchev–Trinajstić information content (AvgIpc) is 3.06. The molecule has 0 aliphatic rings. The van der Waals surface area contributed by atoms with E-state index < -0.39 is 0 Å². The van der Waals surface area contributed by atoms with Crippen LogP contribution in [0.3, 0.4) is 0 Å². The number of nitrogens with one attached hydrogen (secondary N) is 2. The number of rotatable bonds is 6. The van der Waals surface area contributed by atoms with E-state index in [1.165, 1.54) is 21.8 Å². The zero-order valence-electron chi connectivity index (χ0n) is 15.7. The lowest BCUT2D eigenvalue weighted by molar-refractivity contribution is -0.119. The number of para-hydroxylation sites is 2. The summed E-state index contributed by atoms with van der Waals surface area (Å²) in [6, 6.07) is 24.3. The zero-order chi connectivity index (χ0) is 19.3. The number of carbonyl (C=O) groups excluding carboxylic acids is 1. The number of hydrogen-bond donors (Lipinski definition) is 2. The topological polar surface area (TPSA) is 58.4 Å². The zero-order valence-corrected chi connectivity index (χ0v) is 15.7. The number of amides is 1. The normalized spacial score (nSPS) is 11.3. The molecule has 5 heteroatoms. The summed E-state index contributed by atoms with van der Waals surface area (Å²) in [7, 11) is 0. The highest BCUT2D eigenvalue weighted by atomic mass is 16.2. The van der Waals surface area contributed by atoms with Crippen LogP contribution in [0.2, 0.25) is 0 Å². The van der Waals surface area contributed by atoms with Crippen LogP contribution in [-0.4, -0.2) is 23.2 Å². The van der Waals surface area contributed by atoms with E-state index in [1.54, 1.807) is 6.21 Å². The highest BCUT2D eigenvalue weighted by Crippen LogP contribution is 2.29. The predicted octanol–water partition coefficient (Wildman–Crippen LogP) is 4.38. The van der Waals surface area contributed by atoms with Crippen molar-refractivity contribution in [2.75, 3.05) is 11.9 Å². The molecule has 0 atom stereocenters. The second-order valence-corrected chi connectivity index (χ2v) is 6.55. The number of hydrogen-bond acceptors (Lipinski definition) is 3. The first-order valence-electron chi connectivity index (χ1n) is 9.38. The number of carbonyl (C=O) groups is 1. The summed E-state index contributed by atoms with van der Waals surface area (Å²) >= 11 is 0. The number of nitrogens with zero attached hydrogens (tertiary/aromatic N) is 2. The van der Waals surface area contributed by atoms with E-state index in [2.05, 4.69) is 63.7 Å². The first-order valence-corrected chi connectivity index (χ1v) is 9.38. The third kappa shape index (κ3) is 3.60. The minimum atomic E-state index is -0.191.